The lowest BCUT2D eigenvalue weighted by molar-refractivity contribution is 0.251. The molecule has 0 radical (unpaired) electrons. The summed E-state index contributed by atoms with van der Waals surface area (Å²) in [6.07, 6.45) is 5.86. The molecule has 1 heterocycles. The Morgan fingerprint density at radius 3 is 2.52 bits per heavy atom. The molecular formula is C20H35IN4OS. The van der Waals surface area contributed by atoms with E-state index in [0.29, 0.717) is 6.04 Å². The largest absolute Gasteiger partial charge is 0.497 e. The van der Waals surface area contributed by atoms with Gasteiger partial charge in [-0.1, -0.05) is 12.1 Å². The third-order valence-electron chi connectivity index (χ3n) is 4.67. The van der Waals surface area contributed by atoms with E-state index in [1.54, 1.807) is 7.11 Å². The molecule has 27 heavy (non-hydrogen) atoms. The third-order valence-corrected chi connectivity index (χ3v) is 5.36. The molecule has 1 aromatic rings. The minimum absolute atomic E-state index is 0. The van der Waals surface area contributed by atoms with Gasteiger partial charge in [0.2, 0.25) is 0 Å². The van der Waals surface area contributed by atoms with Gasteiger partial charge in [0.15, 0.2) is 5.96 Å². The monoisotopic (exact) mass is 506 g/mol. The number of methoxy groups -OCH3 is 1. The van der Waals surface area contributed by atoms with E-state index in [9.17, 15) is 0 Å². The quantitative estimate of drug-likeness (QED) is 0.219. The Morgan fingerprint density at radius 2 is 1.93 bits per heavy atom. The number of ether oxygens (including phenoxy) is 1. The van der Waals surface area contributed by atoms with Crippen LogP contribution < -0.4 is 15.4 Å². The van der Waals surface area contributed by atoms with Crippen molar-refractivity contribution in [2.24, 2.45) is 4.99 Å². The third kappa shape index (κ3) is 8.48. The molecule has 1 aliphatic heterocycles. The van der Waals surface area contributed by atoms with Gasteiger partial charge in [0, 0.05) is 13.1 Å². The molecule has 1 unspecified atom stereocenters. The van der Waals surface area contributed by atoms with Crippen molar-refractivity contribution in [3.05, 3.63) is 29.8 Å². The lowest BCUT2D eigenvalue weighted by Crippen LogP contribution is -2.39. The number of halogens is 1. The van der Waals surface area contributed by atoms with Crippen LogP contribution in [0.5, 0.6) is 5.75 Å². The fourth-order valence-electron chi connectivity index (χ4n) is 3.25. The van der Waals surface area contributed by atoms with Crippen molar-refractivity contribution < 1.29 is 4.74 Å². The molecule has 0 spiro atoms. The van der Waals surface area contributed by atoms with E-state index in [0.717, 1.165) is 50.9 Å². The number of guanidine groups is 1. The topological polar surface area (TPSA) is 48.9 Å². The van der Waals surface area contributed by atoms with E-state index in [4.69, 9.17) is 9.73 Å². The zero-order chi connectivity index (χ0) is 18.6. The van der Waals surface area contributed by atoms with Gasteiger partial charge >= 0.3 is 0 Å². The van der Waals surface area contributed by atoms with E-state index in [2.05, 4.69) is 40.8 Å². The van der Waals surface area contributed by atoms with Gasteiger partial charge in [-0.05, 0) is 69.0 Å². The number of aliphatic imine (C=N–C) groups is 1. The second-order valence-electron chi connectivity index (χ2n) is 6.52. The Kier molecular flexibility index (Phi) is 12.9. The van der Waals surface area contributed by atoms with E-state index in [-0.39, 0.29) is 24.0 Å². The summed E-state index contributed by atoms with van der Waals surface area (Å²) in [4.78, 5) is 7.45. The Bertz CT molecular complexity index is 535. The van der Waals surface area contributed by atoms with Crippen LogP contribution in [0.2, 0.25) is 0 Å². The van der Waals surface area contributed by atoms with Gasteiger partial charge in [-0.15, -0.1) is 24.0 Å². The van der Waals surface area contributed by atoms with Crippen LogP contribution >= 0.6 is 35.7 Å². The maximum atomic E-state index is 5.31. The highest BCUT2D eigenvalue weighted by molar-refractivity contribution is 14.0. The van der Waals surface area contributed by atoms with Crippen LogP contribution in [0.15, 0.2) is 29.3 Å². The Hall–Kier alpha value is -0.670. The maximum Gasteiger partial charge on any atom is 0.191 e. The van der Waals surface area contributed by atoms with Gasteiger partial charge < -0.3 is 15.4 Å². The van der Waals surface area contributed by atoms with Crippen molar-refractivity contribution >= 4 is 41.7 Å². The van der Waals surface area contributed by atoms with Crippen LogP contribution in [-0.4, -0.2) is 62.7 Å². The van der Waals surface area contributed by atoms with Gasteiger partial charge in [-0.3, -0.25) is 9.89 Å². The fraction of sp³-hybridized carbons (Fsp3) is 0.650. The normalized spacial score (nSPS) is 15.9. The highest BCUT2D eigenvalue weighted by Crippen LogP contribution is 2.27. The lowest BCUT2D eigenvalue weighted by atomic mass is 10.1. The SMILES string of the molecule is CCNC(=NCC(c1ccc(OC)cc1)N1CCCC1)NCCCSC.I. The maximum absolute atomic E-state index is 5.31. The first-order chi connectivity index (χ1) is 12.8. The number of thioether (sulfide) groups is 1. The van der Waals surface area contributed by atoms with Crippen LogP contribution in [0.1, 0.15) is 37.8 Å². The molecule has 1 fully saturated rings. The van der Waals surface area contributed by atoms with Crippen molar-refractivity contribution in [2.45, 2.75) is 32.2 Å². The molecule has 1 atom stereocenters. The van der Waals surface area contributed by atoms with E-state index >= 15 is 0 Å². The van der Waals surface area contributed by atoms with Crippen LogP contribution in [-0.2, 0) is 0 Å². The number of hydrogen-bond acceptors (Lipinski definition) is 4. The van der Waals surface area contributed by atoms with E-state index in [1.807, 2.05) is 23.9 Å². The summed E-state index contributed by atoms with van der Waals surface area (Å²) in [6, 6.07) is 8.78. The van der Waals surface area contributed by atoms with Gasteiger partial charge in [-0.25, -0.2) is 0 Å². The zero-order valence-corrected chi connectivity index (χ0v) is 20.0. The first-order valence-corrected chi connectivity index (χ1v) is 11.1. The number of benzene rings is 1. The number of hydrogen-bond donors (Lipinski definition) is 2. The van der Waals surface area contributed by atoms with Gasteiger partial charge in [-0.2, -0.15) is 11.8 Å². The zero-order valence-electron chi connectivity index (χ0n) is 16.9. The summed E-state index contributed by atoms with van der Waals surface area (Å²) in [5, 5.41) is 6.83. The van der Waals surface area contributed by atoms with Crippen LogP contribution in [0.25, 0.3) is 0 Å². The summed E-state index contributed by atoms with van der Waals surface area (Å²) < 4.78 is 5.31. The molecule has 154 valence electrons. The molecule has 2 N–H and O–H groups in total. The summed E-state index contributed by atoms with van der Waals surface area (Å²) in [5.41, 5.74) is 1.31. The highest BCUT2D eigenvalue weighted by Gasteiger charge is 2.23. The first kappa shape index (κ1) is 24.4. The van der Waals surface area contributed by atoms with E-state index < -0.39 is 0 Å². The number of likely N-dealkylation sites (tertiary alicyclic amines) is 1. The predicted octanol–water partition coefficient (Wildman–Crippen LogP) is 3.76. The number of nitrogens with zero attached hydrogens (tertiary/aromatic N) is 2. The molecule has 0 aromatic heterocycles. The van der Waals surface area contributed by atoms with Crippen molar-refractivity contribution in [3.8, 4) is 5.75 Å². The Morgan fingerprint density at radius 1 is 1.22 bits per heavy atom. The molecular weight excluding hydrogens is 471 g/mol. The molecule has 1 aliphatic rings. The summed E-state index contributed by atoms with van der Waals surface area (Å²) >= 11 is 1.88. The van der Waals surface area contributed by atoms with Gasteiger partial charge in [0.1, 0.15) is 5.75 Å². The molecule has 1 saturated heterocycles. The molecule has 0 amide bonds. The van der Waals surface area contributed by atoms with Crippen molar-refractivity contribution in [2.75, 3.05) is 51.8 Å². The average molecular weight is 506 g/mol. The van der Waals surface area contributed by atoms with Crippen LogP contribution in [0, 0.1) is 0 Å². The predicted molar refractivity (Wildman–Crippen MR) is 129 cm³/mol. The second-order valence-corrected chi connectivity index (χ2v) is 7.51. The van der Waals surface area contributed by atoms with Gasteiger partial charge in [0.25, 0.3) is 0 Å². The fourth-order valence-corrected chi connectivity index (χ4v) is 3.69. The Labute approximate surface area is 186 Å². The first-order valence-electron chi connectivity index (χ1n) is 9.67. The van der Waals surface area contributed by atoms with Crippen molar-refractivity contribution in [1.82, 2.24) is 15.5 Å². The molecule has 0 aliphatic carbocycles. The molecule has 5 nitrogen and oxygen atoms in total. The molecule has 7 heteroatoms. The molecule has 0 bridgehead atoms. The molecule has 0 saturated carbocycles. The number of rotatable bonds is 10. The number of nitrogens with one attached hydrogen (secondary N) is 2. The summed E-state index contributed by atoms with van der Waals surface area (Å²) in [5.74, 6) is 3.00. The molecule has 1 aromatic carbocycles. The molecule has 2 rings (SSSR count). The smallest absolute Gasteiger partial charge is 0.191 e. The lowest BCUT2D eigenvalue weighted by Gasteiger charge is -2.27. The minimum Gasteiger partial charge on any atom is -0.497 e. The van der Waals surface area contributed by atoms with Crippen molar-refractivity contribution in [3.63, 3.8) is 0 Å². The second kappa shape index (κ2) is 14.3. The Balaban J connectivity index is 0.00000364. The van der Waals surface area contributed by atoms with Crippen LogP contribution in [0.3, 0.4) is 0 Å². The minimum atomic E-state index is 0. The van der Waals surface area contributed by atoms with E-state index in [1.165, 1.54) is 24.2 Å². The highest BCUT2D eigenvalue weighted by atomic mass is 127. The summed E-state index contributed by atoms with van der Waals surface area (Å²) in [6.45, 7) is 7.04. The van der Waals surface area contributed by atoms with Crippen molar-refractivity contribution in [1.29, 1.82) is 0 Å². The summed E-state index contributed by atoms with van der Waals surface area (Å²) in [7, 11) is 1.71. The standard InChI is InChI=1S/C20H34N4OS.HI/c1-4-21-20(22-12-7-15-26-3)23-16-19(24-13-5-6-14-24)17-8-10-18(25-2)11-9-17;/h8-11,19H,4-7,12-16H2,1-3H3,(H2,21,22,23);1H. The average Bonchev–Trinajstić information content (AvgIpc) is 3.20. The van der Waals surface area contributed by atoms with Gasteiger partial charge in [0.05, 0.1) is 19.7 Å². The van der Waals surface area contributed by atoms with Crippen LogP contribution in [0.4, 0.5) is 0 Å².